The van der Waals surface area contributed by atoms with Crippen LogP contribution in [0.25, 0.3) is 0 Å². The molecule has 3 N–H and O–H groups in total. The highest BCUT2D eigenvalue weighted by atomic mass is 16.5. The van der Waals surface area contributed by atoms with Crippen molar-refractivity contribution in [3.05, 3.63) is 11.7 Å². The fourth-order valence-electron chi connectivity index (χ4n) is 1.47. The van der Waals surface area contributed by atoms with Crippen molar-refractivity contribution in [2.45, 2.75) is 38.4 Å². The lowest BCUT2D eigenvalue weighted by Gasteiger charge is -2.32. The molecule has 1 aromatic rings. The molecule has 0 amide bonds. The second-order valence-corrected chi connectivity index (χ2v) is 3.54. The minimum atomic E-state index is 0.377. The molecule has 5 nitrogen and oxygen atoms in total. The van der Waals surface area contributed by atoms with Gasteiger partial charge in [-0.15, -0.1) is 0 Å². The van der Waals surface area contributed by atoms with Gasteiger partial charge in [0.1, 0.15) is 0 Å². The molecule has 0 aromatic carbocycles. The zero-order valence-corrected chi connectivity index (χ0v) is 7.66. The summed E-state index contributed by atoms with van der Waals surface area (Å²) in [6.45, 7) is 2.46. The van der Waals surface area contributed by atoms with Crippen molar-refractivity contribution >= 4 is 0 Å². The summed E-state index contributed by atoms with van der Waals surface area (Å²) < 4.78 is 4.96. The maximum atomic E-state index is 5.65. The largest absolute Gasteiger partial charge is 0.338 e. The van der Waals surface area contributed by atoms with Gasteiger partial charge in [0.15, 0.2) is 5.82 Å². The number of rotatable bonds is 3. The maximum Gasteiger partial charge on any atom is 0.240 e. The van der Waals surface area contributed by atoms with Gasteiger partial charge in [0.2, 0.25) is 5.89 Å². The molecule has 72 valence electrons. The molecule has 0 bridgehead atoms. The average molecular weight is 182 g/mol. The van der Waals surface area contributed by atoms with E-state index in [1.807, 2.05) is 6.92 Å². The lowest BCUT2D eigenvalue weighted by Crippen LogP contribution is -2.48. The third-order valence-electron chi connectivity index (χ3n) is 2.29. The van der Waals surface area contributed by atoms with Crippen LogP contribution in [-0.2, 0) is 6.54 Å². The number of hydrogen-bond donors (Lipinski definition) is 2. The number of hydrogen-bond acceptors (Lipinski definition) is 5. The second kappa shape index (κ2) is 3.43. The topological polar surface area (TPSA) is 77.0 Å². The van der Waals surface area contributed by atoms with Crippen LogP contribution < -0.4 is 11.1 Å². The molecule has 1 heterocycles. The van der Waals surface area contributed by atoms with Crippen LogP contribution >= 0.6 is 0 Å². The van der Waals surface area contributed by atoms with Gasteiger partial charge >= 0.3 is 0 Å². The van der Waals surface area contributed by atoms with Gasteiger partial charge in [0.25, 0.3) is 0 Å². The molecule has 13 heavy (non-hydrogen) atoms. The van der Waals surface area contributed by atoms with Crippen molar-refractivity contribution in [1.82, 2.24) is 15.5 Å². The second-order valence-electron chi connectivity index (χ2n) is 3.54. The van der Waals surface area contributed by atoms with Crippen molar-refractivity contribution in [2.75, 3.05) is 0 Å². The molecular weight excluding hydrogens is 168 g/mol. The number of aromatic nitrogens is 2. The number of nitrogens with two attached hydrogens (primary N) is 1. The van der Waals surface area contributed by atoms with Crippen LogP contribution in [0.15, 0.2) is 4.52 Å². The fourth-order valence-corrected chi connectivity index (χ4v) is 1.47. The molecule has 0 unspecified atom stereocenters. The fraction of sp³-hybridized carbons (Fsp3) is 0.750. The van der Waals surface area contributed by atoms with Crippen LogP contribution in [0.3, 0.4) is 0 Å². The lowest BCUT2D eigenvalue weighted by atomic mass is 9.88. The summed E-state index contributed by atoms with van der Waals surface area (Å²) in [6.07, 6.45) is 2.10. The van der Waals surface area contributed by atoms with Crippen LogP contribution in [0.5, 0.6) is 0 Å². The summed E-state index contributed by atoms with van der Waals surface area (Å²) in [5.74, 6) is 1.33. The van der Waals surface area contributed by atoms with E-state index in [9.17, 15) is 0 Å². The molecule has 1 aliphatic rings. The number of aryl methyl sites for hydroxylation is 1. The van der Waals surface area contributed by atoms with Gasteiger partial charge in [-0.05, 0) is 19.8 Å². The molecule has 1 saturated carbocycles. The molecule has 5 heteroatoms. The van der Waals surface area contributed by atoms with Crippen molar-refractivity contribution in [2.24, 2.45) is 5.73 Å². The molecule has 0 atom stereocenters. The van der Waals surface area contributed by atoms with Gasteiger partial charge in [-0.2, -0.15) is 4.98 Å². The van der Waals surface area contributed by atoms with E-state index < -0.39 is 0 Å². The Morgan fingerprint density at radius 3 is 2.92 bits per heavy atom. The Morgan fingerprint density at radius 1 is 1.62 bits per heavy atom. The van der Waals surface area contributed by atoms with Gasteiger partial charge in [0, 0.05) is 12.1 Å². The van der Waals surface area contributed by atoms with Gasteiger partial charge < -0.3 is 15.6 Å². The summed E-state index contributed by atoms with van der Waals surface area (Å²) in [5.41, 5.74) is 5.65. The quantitative estimate of drug-likeness (QED) is 0.685. The van der Waals surface area contributed by atoms with Gasteiger partial charge in [-0.1, -0.05) is 5.16 Å². The molecule has 0 spiro atoms. The summed E-state index contributed by atoms with van der Waals surface area (Å²) in [5, 5.41) is 7.01. The Balaban J connectivity index is 1.74. The molecular formula is C8H14N4O. The van der Waals surface area contributed by atoms with E-state index in [4.69, 9.17) is 10.3 Å². The Kier molecular flexibility index (Phi) is 2.28. The molecule has 1 fully saturated rings. The minimum Gasteiger partial charge on any atom is -0.338 e. The van der Waals surface area contributed by atoms with Crippen LogP contribution in [0.4, 0.5) is 0 Å². The summed E-state index contributed by atoms with van der Waals surface area (Å²) in [6, 6.07) is 0.907. The average Bonchev–Trinajstić information content (AvgIpc) is 2.43. The zero-order chi connectivity index (χ0) is 9.26. The predicted molar refractivity (Wildman–Crippen MR) is 46.9 cm³/mol. The first-order chi connectivity index (χ1) is 6.24. The summed E-state index contributed by atoms with van der Waals surface area (Å²) in [7, 11) is 0. The molecule has 1 aliphatic carbocycles. The SMILES string of the molecule is Cc1noc(CNC2CC(N)C2)n1. The van der Waals surface area contributed by atoms with Gasteiger partial charge in [-0.3, -0.25) is 0 Å². The van der Waals surface area contributed by atoms with E-state index >= 15 is 0 Å². The zero-order valence-electron chi connectivity index (χ0n) is 7.66. The van der Waals surface area contributed by atoms with Crippen molar-refractivity contribution in [3.63, 3.8) is 0 Å². The van der Waals surface area contributed by atoms with Gasteiger partial charge in [0.05, 0.1) is 6.54 Å². The predicted octanol–water partition coefficient (Wildman–Crippen LogP) is -0.0427. The van der Waals surface area contributed by atoms with E-state index in [1.54, 1.807) is 0 Å². The van der Waals surface area contributed by atoms with E-state index in [0.29, 0.717) is 30.3 Å². The molecule has 0 aliphatic heterocycles. The first-order valence-corrected chi connectivity index (χ1v) is 4.52. The van der Waals surface area contributed by atoms with Crippen molar-refractivity contribution < 1.29 is 4.52 Å². The first kappa shape index (κ1) is 8.65. The van der Waals surface area contributed by atoms with E-state index in [-0.39, 0.29) is 0 Å². The maximum absolute atomic E-state index is 5.65. The Morgan fingerprint density at radius 2 is 2.38 bits per heavy atom. The standard InChI is InChI=1S/C8H14N4O/c1-5-11-8(13-12-5)4-10-7-2-6(9)3-7/h6-7,10H,2-4,9H2,1H3. The monoisotopic (exact) mass is 182 g/mol. The molecule has 2 rings (SSSR count). The highest BCUT2D eigenvalue weighted by molar-refractivity contribution is 4.90. The highest BCUT2D eigenvalue weighted by Crippen LogP contribution is 2.17. The minimum absolute atomic E-state index is 0.377. The lowest BCUT2D eigenvalue weighted by molar-refractivity contribution is 0.273. The van der Waals surface area contributed by atoms with E-state index in [0.717, 1.165) is 12.8 Å². The van der Waals surface area contributed by atoms with Crippen LogP contribution in [0, 0.1) is 6.92 Å². The normalized spacial score (nSPS) is 27.2. The van der Waals surface area contributed by atoms with Crippen LogP contribution in [-0.4, -0.2) is 22.2 Å². The Labute approximate surface area is 76.7 Å². The van der Waals surface area contributed by atoms with Crippen LogP contribution in [0.2, 0.25) is 0 Å². The van der Waals surface area contributed by atoms with Gasteiger partial charge in [-0.25, -0.2) is 0 Å². The number of nitrogens with one attached hydrogen (secondary N) is 1. The van der Waals surface area contributed by atoms with Crippen molar-refractivity contribution in [1.29, 1.82) is 0 Å². The molecule has 0 saturated heterocycles. The Hall–Kier alpha value is -0.940. The third kappa shape index (κ3) is 2.05. The van der Waals surface area contributed by atoms with Crippen LogP contribution in [0.1, 0.15) is 24.6 Å². The summed E-state index contributed by atoms with van der Waals surface area (Å²) >= 11 is 0. The first-order valence-electron chi connectivity index (χ1n) is 4.52. The molecule has 0 radical (unpaired) electrons. The Bertz CT molecular complexity index is 279. The molecule has 1 aromatic heterocycles. The van der Waals surface area contributed by atoms with Crippen molar-refractivity contribution in [3.8, 4) is 0 Å². The highest BCUT2D eigenvalue weighted by Gasteiger charge is 2.25. The van der Waals surface area contributed by atoms with E-state index in [2.05, 4.69) is 15.5 Å². The third-order valence-corrected chi connectivity index (χ3v) is 2.29. The smallest absolute Gasteiger partial charge is 0.240 e. The van der Waals surface area contributed by atoms with E-state index in [1.165, 1.54) is 0 Å². The number of nitrogens with zero attached hydrogens (tertiary/aromatic N) is 2. The summed E-state index contributed by atoms with van der Waals surface area (Å²) in [4.78, 5) is 4.09.